The first-order valence-electron chi connectivity index (χ1n) is 32.3. The lowest BCUT2D eigenvalue weighted by atomic mass is 10.0. The Kier molecular flexibility index (Phi) is 25.9. The number of hydrogen-bond acceptors (Lipinski definition) is 16. The van der Waals surface area contributed by atoms with E-state index < -0.39 is 126 Å². The van der Waals surface area contributed by atoms with Gasteiger partial charge in [-0.2, -0.15) is 23.5 Å². The van der Waals surface area contributed by atoms with Crippen LogP contribution in [-0.2, 0) is 89.9 Å². The second kappa shape index (κ2) is 35.2. The second-order valence-corrected chi connectivity index (χ2v) is 26.3. The first kappa shape index (κ1) is 72.1. The number of nitrogens with zero attached hydrogens (tertiary/aromatic N) is 2. The van der Waals surface area contributed by atoms with E-state index in [0.717, 1.165) is 11.1 Å². The van der Waals surface area contributed by atoms with Crippen molar-refractivity contribution in [2.45, 2.75) is 130 Å². The summed E-state index contributed by atoms with van der Waals surface area (Å²) in [7, 11) is 0. The highest BCUT2D eigenvalue weighted by atomic mass is 32.2. The van der Waals surface area contributed by atoms with Gasteiger partial charge >= 0.3 is 5.97 Å². The number of amides is 10. The molecule has 17 N–H and O–H groups in total. The number of aromatic hydroxyl groups is 1. The van der Waals surface area contributed by atoms with Gasteiger partial charge in [0, 0.05) is 102 Å². The monoisotopic (exact) mass is 1380 g/mol. The Morgan fingerprint density at radius 2 is 1.19 bits per heavy atom. The molecule has 7 aromatic rings. The van der Waals surface area contributed by atoms with Crippen LogP contribution in [0.3, 0.4) is 0 Å². The first-order chi connectivity index (χ1) is 47.3. The number of para-hydroxylation sites is 2. The highest BCUT2D eigenvalue weighted by Gasteiger charge is 2.41. The molecule has 4 aromatic carbocycles. The van der Waals surface area contributed by atoms with Gasteiger partial charge in [-0.15, -0.1) is 0 Å². The normalized spacial score (nSPS) is 22.3. The van der Waals surface area contributed by atoms with E-state index in [1.165, 1.54) is 65.2 Å². The van der Waals surface area contributed by atoms with Crippen molar-refractivity contribution in [3.63, 3.8) is 0 Å². The lowest BCUT2D eigenvalue weighted by Gasteiger charge is -2.31. The molecule has 0 saturated carbocycles. The Balaban J connectivity index is 1.04. The summed E-state index contributed by atoms with van der Waals surface area (Å²) in [6, 6.07) is 16.4. The number of fused-ring (bicyclic) bond motifs is 5. The number of primary amides is 1. The molecule has 518 valence electrons. The first-order valence-corrected chi connectivity index (χ1v) is 34.6. The molecule has 5 heterocycles. The Hall–Kier alpha value is -10.2. The third-order valence-corrected chi connectivity index (χ3v) is 19.0. The number of carbonyl (C=O) groups excluding carboxylic acids is 10. The van der Waals surface area contributed by atoms with Crippen molar-refractivity contribution in [1.29, 1.82) is 0 Å². The molecule has 98 heavy (non-hydrogen) atoms. The Labute approximate surface area is 572 Å². The summed E-state index contributed by atoms with van der Waals surface area (Å²) in [5.74, 6) is -8.39. The molecule has 0 radical (unpaired) electrons. The molecular weight excluding hydrogens is 1300 g/mol. The summed E-state index contributed by atoms with van der Waals surface area (Å²) < 4.78 is 0. The molecule has 28 nitrogen and oxygen atoms in total. The fourth-order valence-electron chi connectivity index (χ4n) is 11.8. The van der Waals surface area contributed by atoms with Gasteiger partial charge < -0.3 is 84.1 Å². The maximum atomic E-state index is 15.0. The standard InChI is InChI=1S/C68H81N15O13S2/c69-22-6-5-15-50-62(90)74-34-59(86)77-51(27-42-31-72-48-13-3-1-11-46(42)48)63(91)78-52(28-43-32-73-49-14-4-2-12-47(43)49)64(92)80-54(30-60(87)88)66(94)79-53(29-44-33-71-38-75-44)65(93)81-55(26-39-17-19-45(84)20-18-39)68(96)83-23-8-16-57(83)67(95)82-56(61(70)89)37-98-36-41-10-7-9-40(25-41)35-97-24-21-58(85)76-50/h1-4,7,9-14,17-20,25,31-33,38,50-57,72-73,84H,5-6,8,15-16,21-24,26-30,34-37,69H2,(H2,70,89)(H,71,75)(H,74,90)(H,76,85)(H,77,86)(H,78,91)(H,79,94)(H,80,92)(H,81,93)(H,82,95)(H,87,88)/t50-,51-,52-,53-,54-,55-,56-,57-/m0/s1. The number of imidazole rings is 1. The fourth-order valence-corrected chi connectivity index (χ4v) is 13.7. The summed E-state index contributed by atoms with van der Waals surface area (Å²) >= 11 is 2.84. The number of carboxylic acids is 1. The van der Waals surface area contributed by atoms with Crippen LogP contribution in [0.5, 0.6) is 5.75 Å². The number of hydrogen-bond donors (Lipinski definition) is 15. The van der Waals surface area contributed by atoms with Gasteiger partial charge in [0.25, 0.3) is 0 Å². The fraction of sp³-hybridized carbons (Fsp3) is 0.382. The van der Waals surface area contributed by atoms with Crippen molar-refractivity contribution in [3.8, 4) is 5.75 Å². The molecule has 0 aliphatic carbocycles. The largest absolute Gasteiger partial charge is 0.508 e. The number of H-pyrrole nitrogens is 3. The number of phenols is 1. The van der Waals surface area contributed by atoms with Crippen LogP contribution in [0.25, 0.3) is 21.8 Å². The highest BCUT2D eigenvalue weighted by Crippen LogP contribution is 2.25. The van der Waals surface area contributed by atoms with Crippen LogP contribution >= 0.6 is 23.5 Å². The molecule has 0 unspecified atom stereocenters. The number of aromatic amines is 3. The number of benzene rings is 4. The number of phenolic OH excluding ortho intramolecular Hbond substituents is 1. The van der Waals surface area contributed by atoms with Crippen molar-refractivity contribution in [2.75, 3.05) is 31.1 Å². The summed E-state index contributed by atoms with van der Waals surface area (Å²) in [4.78, 5) is 171. The van der Waals surface area contributed by atoms with Crippen LogP contribution in [0.2, 0.25) is 0 Å². The number of carboxylic acid groups (broad SMARTS) is 1. The molecule has 9 rings (SSSR count). The van der Waals surface area contributed by atoms with Crippen molar-refractivity contribution in [3.05, 3.63) is 155 Å². The zero-order chi connectivity index (χ0) is 69.7. The van der Waals surface area contributed by atoms with Crippen molar-refractivity contribution < 1.29 is 63.0 Å². The third-order valence-electron chi connectivity index (χ3n) is 16.9. The second-order valence-electron chi connectivity index (χ2n) is 24.1. The molecule has 3 aromatic heterocycles. The number of unbranched alkanes of at least 4 members (excludes halogenated alkanes) is 1. The predicted molar refractivity (Wildman–Crippen MR) is 367 cm³/mol. The minimum absolute atomic E-state index is 0.0513. The molecule has 1 fully saturated rings. The van der Waals surface area contributed by atoms with Crippen LogP contribution in [0, 0.1) is 0 Å². The molecule has 2 bridgehead atoms. The van der Waals surface area contributed by atoms with Crippen LogP contribution in [0.15, 0.2) is 122 Å². The van der Waals surface area contributed by atoms with Crippen LogP contribution < -0.4 is 54.0 Å². The molecule has 8 atom stereocenters. The number of rotatable bonds is 15. The van der Waals surface area contributed by atoms with E-state index in [0.29, 0.717) is 81.6 Å². The van der Waals surface area contributed by atoms with Crippen LogP contribution in [0.4, 0.5) is 0 Å². The molecular formula is C68H81N15O13S2. The maximum Gasteiger partial charge on any atom is 0.305 e. The number of aromatic nitrogens is 4. The molecule has 2 aliphatic rings. The molecule has 2 aliphatic heterocycles. The quantitative estimate of drug-likeness (QED) is 0.0647. The smallest absolute Gasteiger partial charge is 0.305 e. The number of thioether (sulfide) groups is 2. The number of nitrogens with one attached hydrogen (secondary N) is 11. The van der Waals surface area contributed by atoms with Gasteiger partial charge in [-0.1, -0.05) is 72.8 Å². The van der Waals surface area contributed by atoms with Crippen molar-refractivity contribution in [2.24, 2.45) is 11.5 Å². The highest BCUT2D eigenvalue weighted by molar-refractivity contribution is 7.98. The Morgan fingerprint density at radius 3 is 1.82 bits per heavy atom. The van der Waals surface area contributed by atoms with E-state index in [4.69, 9.17) is 11.5 Å². The SMILES string of the molecule is NCCCC[C@@H]1NC(=O)CCSCc2cccc(c2)CSC[C@@H](C(N)=O)NC(=O)[C@@H]2CCCN2C(=O)[C@H](Cc2ccc(O)cc2)NC(=O)[C@H](Cc2c[nH]cn2)NC(=O)[C@H](CC(=O)O)NC(=O)[C@H](Cc2c[nH]c3ccccc23)NC(=O)[C@H](Cc2c[nH]c3ccccc23)NC(=O)CNC1=O. The van der Waals surface area contributed by atoms with Crippen LogP contribution in [0.1, 0.15) is 78.5 Å². The Morgan fingerprint density at radius 1 is 0.602 bits per heavy atom. The summed E-state index contributed by atoms with van der Waals surface area (Å²) in [5.41, 5.74) is 16.7. The minimum Gasteiger partial charge on any atom is -0.508 e. The van der Waals surface area contributed by atoms with E-state index in [9.17, 15) is 48.6 Å². The summed E-state index contributed by atoms with van der Waals surface area (Å²) in [6.45, 7) is -0.247. The van der Waals surface area contributed by atoms with Crippen molar-refractivity contribution >= 4 is 110 Å². The summed E-state index contributed by atoms with van der Waals surface area (Å²) in [5, 5.41) is 43.4. The number of nitrogens with two attached hydrogens (primary N) is 2. The van der Waals surface area contributed by atoms with Gasteiger partial charge in [0.05, 0.1) is 25.0 Å². The molecule has 30 heteroatoms. The maximum absolute atomic E-state index is 15.0. The van der Waals surface area contributed by atoms with E-state index in [2.05, 4.69) is 62.5 Å². The van der Waals surface area contributed by atoms with E-state index in [1.807, 2.05) is 42.5 Å². The summed E-state index contributed by atoms with van der Waals surface area (Å²) in [6.07, 6.45) is 5.84. The third kappa shape index (κ3) is 20.4. The van der Waals surface area contributed by atoms with E-state index in [1.54, 1.807) is 42.7 Å². The average molecular weight is 1380 g/mol. The van der Waals surface area contributed by atoms with Gasteiger partial charge in [0.2, 0.25) is 59.1 Å². The van der Waals surface area contributed by atoms with Gasteiger partial charge in [-0.05, 0) is 90.7 Å². The van der Waals surface area contributed by atoms with E-state index in [-0.39, 0.29) is 68.7 Å². The number of aliphatic carboxylic acids is 1. The Bertz CT molecular complexity index is 3980. The van der Waals surface area contributed by atoms with Crippen molar-refractivity contribution in [1.82, 2.24) is 67.4 Å². The van der Waals surface area contributed by atoms with Gasteiger partial charge in [-0.25, -0.2) is 4.98 Å². The lowest BCUT2D eigenvalue weighted by molar-refractivity contribution is -0.143. The zero-order valence-electron chi connectivity index (χ0n) is 53.6. The lowest BCUT2D eigenvalue weighted by Crippen LogP contribution is -2.61. The van der Waals surface area contributed by atoms with Crippen LogP contribution in [-0.4, -0.2) is 180 Å². The zero-order valence-corrected chi connectivity index (χ0v) is 55.3. The molecule has 0 spiro atoms. The molecule has 1 saturated heterocycles. The van der Waals surface area contributed by atoms with Gasteiger partial charge in [0.1, 0.15) is 54.1 Å². The van der Waals surface area contributed by atoms with E-state index >= 15 is 14.4 Å². The van der Waals surface area contributed by atoms with Gasteiger partial charge in [-0.3, -0.25) is 52.7 Å². The number of carbonyl (C=O) groups is 11. The topological polar surface area (TPSA) is 440 Å². The minimum atomic E-state index is -1.95. The average Bonchev–Trinajstić information content (AvgIpc) is 1.61. The predicted octanol–water partition coefficient (Wildman–Crippen LogP) is 1.51. The molecule has 10 amide bonds. The van der Waals surface area contributed by atoms with Gasteiger partial charge in [0.15, 0.2) is 0 Å².